The highest BCUT2D eigenvalue weighted by molar-refractivity contribution is 5.89. The van der Waals surface area contributed by atoms with Crippen molar-refractivity contribution >= 4 is 17.5 Å². The van der Waals surface area contributed by atoms with Gasteiger partial charge in [0.15, 0.2) is 0 Å². The highest BCUT2D eigenvalue weighted by Crippen LogP contribution is 2.29. The molecule has 2 amide bonds. The summed E-state index contributed by atoms with van der Waals surface area (Å²) < 4.78 is 42.9. The number of nitrogens with one attached hydrogen (secondary N) is 1. The molecule has 27 heavy (non-hydrogen) atoms. The molecule has 1 aromatic carbocycles. The summed E-state index contributed by atoms with van der Waals surface area (Å²) in [6.07, 6.45) is -3.57. The number of carbonyl (C=O) groups is 1. The lowest BCUT2D eigenvalue weighted by atomic mass is 10.2. The van der Waals surface area contributed by atoms with E-state index in [1.165, 1.54) is 6.07 Å². The summed E-state index contributed by atoms with van der Waals surface area (Å²) in [6.45, 7) is 1.89. The number of rotatable bonds is 3. The smallest absolute Gasteiger partial charge is 0.417 e. The second-order valence-corrected chi connectivity index (χ2v) is 6.04. The molecule has 0 spiro atoms. The summed E-state index contributed by atoms with van der Waals surface area (Å²) in [6, 6.07) is 9.16. The Morgan fingerprint density at radius 1 is 1.07 bits per heavy atom. The number of halogens is 3. The minimum atomic E-state index is -4.40. The average molecular weight is 380 g/mol. The average Bonchev–Trinajstić information content (AvgIpc) is 2.68. The summed E-state index contributed by atoms with van der Waals surface area (Å²) >= 11 is 0. The minimum Gasteiger partial charge on any atom is -0.497 e. The number of pyridine rings is 1. The number of anilines is 2. The van der Waals surface area contributed by atoms with Crippen LogP contribution in [0, 0.1) is 0 Å². The molecule has 1 aliphatic heterocycles. The van der Waals surface area contributed by atoms with Crippen LogP contribution < -0.4 is 15.0 Å². The molecule has 0 bridgehead atoms. The zero-order valence-electron chi connectivity index (χ0n) is 14.7. The Kier molecular flexibility index (Phi) is 5.38. The molecule has 0 aliphatic carbocycles. The van der Waals surface area contributed by atoms with E-state index in [-0.39, 0.29) is 6.03 Å². The van der Waals surface area contributed by atoms with Crippen LogP contribution in [0.15, 0.2) is 42.6 Å². The van der Waals surface area contributed by atoms with Gasteiger partial charge >= 0.3 is 12.2 Å². The van der Waals surface area contributed by atoms with E-state index in [0.717, 1.165) is 12.3 Å². The zero-order chi connectivity index (χ0) is 19.4. The van der Waals surface area contributed by atoms with Gasteiger partial charge in [-0.15, -0.1) is 0 Å². The molecule has 1 fully saturated rings. The van der Waals surface area contributed by atoms with Gasteiger partial charge in [-0.3, -0.25) is 0 Å². The van der Waals surface area contributed by atoms with E-state index in [4.69, 9.17) is 4.74 Å². The number of amides is 2. The van der Waals surface area contributed by atoms with Crippen molar-refractivity contribution in [2.24, 2.45) is 0 Å². The van der Waals surface area contributed by atoms with Crippen molar-refractivity contribution in [2.45, 2.75) is 6.18 Å². The van der Waals surface area contributed by atoms with Gasteiger partial charge in [0.2, 0.25) is 0 Å². The zero-order valence-corrected chi connectivity index (χ0v) is 14.7. The SMILES string of the molecule is COc1ccc(NC(=O)N2CCN(c3ccc(C(F)(F)F)cn3)CC2)cc1. The van der Waals surface area contributed by atoms with Crippen molar-refractivity contribution in [3.63, 3.8) is 0 Å². The Balaban J connectivity index is 1.54. The topological polar surface area (TPSA) is 57.7 Å². The van der Waals surface area contributed by atoms with Crippen LogP contribution in [0.2, 0.25) is 0 Å². The van der Waals surface area contributed by atoms with Gasteiger partial charge < -0.3 is 19.9 Å². The van der Waals surface area contributed by atoms with Crippen LogP contribution in [-0.4, -0.2) is 49.2 Å². The quantitative estimate of drug-likeness (QED) is 0.886. The van der Waals surface area contributed by atoms with Crippen molar-refractivity contribution in [3.05, 3.63) is 48.2 Å². The minimum absolute atomic E-state index is 0.222. The van der Waals surface area contributed by atoms with E-state index < -0.39 is 11.7 Å². The summed E-state index contributed by atoms with van der Waals surface area (Å²) in [4.78, 5) is 19.8. The van der Waals surface area contributed by atoms with Gasteiger partial charge in [-0.1, -0.05) is 0 Å². The van der Waals surface area contributed by atoms with Crippen LogP contribution in [0.1, 0.15) is 5.56 Å². The third-order valence-corrected chi connectivity index (χ3v) is 4.31. The van der Waals surface area contributed by atoms with Gasteiger partial charge in [0.1, 0.15) is 11.6 Å². The molecule has 2 heterocycles. The molecule has 6 nitrogen and oxygen atoms in total. The molecule has 0 radical (unpaired) electrons. The first-order valence-corrected chi connectivity index (χ1v) is 8.35. The lowest BCUT2D eigenvalue weighted by Crippen LogP contribution is -2.50. The fourth-order valence-corrected chi connectivity index (χ4v) is 2.76. The molecule has 3 rings (SSSR count). The largest absolute Gasteiger partial charge is 0.497 e. The molecule has 2 aromatic rings. The lowest BCUT2D eigenvalue weighted by Gasteiger charge is -2.35. The first kappa shape index (κ1) is 18.8. The molecule has 144 valence electrons. The first-order valence-electron chi connectivity index (χ1n) is 8.35. The van der Waals surface area contributed by atoms with Gasteiger partial charge in [0.05, 0.1) is 12.7 Å². The van der Waals surface area contributed by atoms with Crippen LogP contribution in [0.3, 0.4) is 0 Å². The maximum absolute atomic E-state index is 12.6. The first-order chi connectivity index (χ1) is 12.9. The van der Waals surface area contributed by atoms with Crippen LogP contribution >= 0.6 is 0 Å². The normalized spacial score (nSPS) is 14.8. The van der Waals surface area contributed by atoms with Crippen LogP contribution in [0.25, 0.3) is 0 Å². The molecule has 9 heteroatoms. The van der Waals surface area contributed by atoms with Gasteiger partial charge in [0, 0.05) is 38.1 Å². The van der Waals surface area contributed by atoms with Crippen molar-refractivity contribution in [2.75, 3.05) is 43.5 Å². The molecule has 0 saturated carbocycles. The number of carbonyl (C=O) groups excluding carboxylic acids is 1. The van der Waals surface area contributed by atoms with E-state index in [0.29, 0.717) is 43.4 Å². The fourth-order valence-electron chi connectivity index (χ4n) is 2.76. The summed E-state index contributed by atoms with van der Waals surface area (Å²) in [7, 11) is 1.57. The third-order valence-electron chi connectivity index (χ3n) is 4.31. The second-order valence-electron chi connectivity index (χ2n) is 6.04. The lowest BCUT2D eigenvalue weighted by molar-refractivity contribution is -0.137. The maximum Gasteiger partial charge on any atom is 0.417 e. The summed E-state index contributed by atoms with van der Waals surface area (Å²) in [5.41, 5.74) is -0.114. The number of hydrogen-bond donors (Lipinski definition) is 1. The van der Waals surface area contributed by atoms with Crippen molar-refractivity contribution < 1.29 is 22.7 Å². The van der Waals surface area contributed by atoms with Crippen molar-refractivity contribution in [1.29, 1.82) is 0 Å². The Morgan fingerprint density at radius 3 is 2.26 bits per heavy atom. The number of alkyl halides is 3. The molecule has 1 N–H and O–H groups in total. The second kappa shape index (κ2) is 7.73. The number of piperazine rings is 1. The number of ether oxygens (including phenoxy) is 1. The highest BCUT2D eigenvalue weighted by atomic mass is 19.4. The maximum atomic E-state index is 12.6. The Labute approximate surface area is 154 Å². The van der Waals surface area contributed by atoms with Gasteiger partial charge in [0.25, 0.3) is 0 Å². The monoisotopic (exact) mass is 380 g/mol. The van der Waals surface area contributed by atoms with E-state index in [2.05, 4.69) is 10.3 Å². The molecule has 0 unspecified atom stereocenters. The number of hydrogen-bond acceptors (Lipinski definition) is 4. The Hall–Kier alpha value is -2.97. The van der Waals surface area contributed by atoms with E-state index >= 15 is 0 Å². The van der Waals surface area contributed by atoms with E-state index in [1.54, 1.807) is 36.3 Å². The van der Waals surface area contributed by atoms with Gasteiger partial charge in [-0.25, -0.2) is 9.78 Å². The number of aromatic nitrogens is 1. The van der Waals surface area contributed by atoms with Gasteiger partial charge in [-0.05, 0) is 36.4 Å². The van der Waals surface area contributed by atoms with Crippen molar-refractivity contribution in [1.82, 2.24) is 9.88 Å². The standard InChI is InChI=1S/C18H19F3N4O2/c1-27-15-5-3-14(4-6-15)23-17(26)25-10-8-24(9-11-25)16-7-2-13(12-22-16)18(19,20)21/h2-7,12H,8-11H2,1H3,(H,23,26). The third kappa shape index (κ3) is 4.60. The number of benzene rings is 1. The predicted molar refractivity (Wildman–Crippen MR) is 95.0 cm³/mol. The molecular formula is C18H19F3N4O2. The van der Waals surface area contributed by atoms with E-state index in [9.17, 15) is 18.0 Å². The predicted octanol–water partition coefficient (Wildman–Crippen LogP) is 3.46. The fraction of sp³-hybridized carbons (Fsp3) is 0.333. The highest BCUT2D eigenvalue weighted by Gasteiger charge is 2.31. The number of urea groups is 1. The van der Waals surface area contributed by atoms with Gasteiger partial charge in [-0.2, -0.15) is 13.2 Å². The van der Waals surface area contributed by atoms with Crippen LogP contribution in [0.4, 0.5) is 29.5 Å². The molecule has 1 saturated heterocycles. The van der Waals surface area contributed by atoms with E-state index in [1.807, 2.05) is 4.90 Å². The molecule has 1 aromatic heterocycles. The Bertz CT molecular complexity index is 771. The molecule has 0 atom stereocenters. The Morgan fingerprint density at radius 2 is 1.74 bits per heavy atom. The number of nitrogens with zero attached hydrogens (tertiary/aromatic N) is 3. The molecular weight excluding hydrogens is 361 g/mol. The van der Waals surface area contributed by atoms with Crippen molar-refractivity contribution in [3.8, 4) is 5.75 Å². The summed E-state index contributed by atoms with van der Waals surface area (Å²) in [5.74, 6) is 1.17. The summed E-state index contributed by atoms with van der Waals surface area (Å²) in [5, 5.41) is 2.81. The molecule has 1 aliphatic rings. The van der Waals surface area contributed by atoms with Crippen LogP contribution in [-0.2, 0) is 6.18 Å². The van der Waals surface area contributed by atoms with Crippen LogP contribution in [0.5, 0.6) is 5.75 Å². The number of methoxy groups -OCH3 is 1.